The molecule has 0 saturated carbocycles. The fourth-order valence-electron chi connectivity index (χ4n) is 0.905. The molecule has 0 aromatic heterocycles. The van der Waals surface area contributed by atoms with Gasteiger partial charge in [0, 0.05) is 14.2 Å². The number of rotatable bonds is 9. The molecule has 0 atom stereocenters. The van der Waals surface area contributed by atoms with E-state index in [9.17, 15) is 0 Å². The fourth-order valence-corrected chi connectivity index (χ4v) is 2.25. The SMILES string of the molecule is COC(CO[SiH2]CCCCS)OC. The maximum atomic E-state index is 5.49. The van der Waals surface area contributed by atoms with Gasteiger partial charge in [0.25, 0.3) is 0 Å². The third-order valence-electron chi connectivity index (χ3n) is 1.73. The van der Waals surface area contributed by atoms with Crippen molar-refractivity contribution in [1.82, 2.24) is 0 Å². The maximum Gasteiger partial charge on any atom is 0.178 e. The van der Waals surface area contributed by atoms with Crippen molar-refractivity contribution in [2.45, 2.75) is 25.2 Å². The van der Waals surface area contributed by atoms with E-state index in [2.05, 4.69) is 12.6 Å². The van der Waals surface area contributed by atoms with Crippen molar-refractivity contribution in [3.63, 3.8) is 0 Å². The van der Waals surface area contributed by atoms with Crippen LogP contribution in [0.15, 0.2) is 0 Å². The van der Waals surface area contributed by atoms with Crippen LogP contribution in [0.4, 0.5) is 0 Å². The van der Waals surface area contributed by atoms with Crippen LogP contribution in [0.1, 0.15) is 12.8 Å². The van der Waals surface area contributed by atoms with Crippen molar-refractivity contribution >= 4 is 22.4 Å². The van der Waals surface area contributed by atoms with Gasteiger partial charge < -0.3 is 13.9 Å². The van der Waals surface area contributed by atoms with Crippen LogP contribution in [-0.2, 0) is 13.9 Å². The van der Waals surface area contributed by atoms with Gasteiger partial charge >= 0.3 is 0 Å². The van der Waals surface area contributed by atoms with E-state index in [-0.39, 0.29) is 16.1 Å². The third-order valence-corrected chi connectivity index (χ3v) is 3.36. The molecule has 0 rings (SSSR count). The van der Waals surface area contributed by atoms with Gasteiger partial charge in [-0.15, -0.1) is 0 Å². The minimum absolute atomic E-state index is 0.197. The highest BCUT2D eigenvalue weighted by Gasteiger charge is 2.03. The second-order valence-electron chi connectivity index (χ2n) is 2.76. The molecule has 0 fully saturated rings. The molecular weight excluding hydrogens is 204 g/mol. The topological polar surface area (TPSA) is 27.7 Å². The molecule has 0 aliphatic carbocycles. The second kappa shape index (κ2) is 10.5. The molecule has 0 aliphatic rings. The molecule has 0 N–H and O–H groups in total. The minimum Gasteiger partial charge on any atom is -0.419 e. The molecule has 0 aliphatic heterocycles. The highest BCUT2D eigenvalue weighted by Crippen LogP contribution is 1.98. The highest BCUT2D eigenvalue weighted by molar-refractivity contribution is 7.80. The first-order chi connectivity index (χ1) is 6.35. The first kappa shape index (κ1) is 13.4. The Morgan fingerprint density at radius 1 is 1.23 bits per heavy atom. The third kappa shape index (κ3) is 8.77. The van der Waals surface area contributed by atoms with Crippen molar-refractivity contribution in [3.8, 4) is 0 Å². The molecule has 0 heterocycles. The Kier molecular flexibility index (Phi) is 10.9. The van der Waals surface area contributed by atoms with Crippen LogP contribution in [0.2, 0.25) is 6.04 Å². The summed E-state index contributed by atoms with van der Waals surface area (Å²) in [5.41, 5.74) is 0. The van der Waals surface area contributed by atoms with Crippen LogP contribution in [0.3, 0.4) is 0 Å². The predicted octanol–water partition coefficient (Wildman–Crippen LogP) is 0.834. The smallest absolute Gasteiger partial charge is 0.178 e. The number of thiol groups is 1. The molecule has 0 radical (unpaired) electrons. The van der Waals surface area contributed by atoms with Gasteiger partial charge in [-0.25, -0.2) is 0 Å². The van der Waals surface area contributed by atoms with Gasteiger partial charge in [0.1, 0.15) is 0 Å². The van der Waals surface area contributed by atoms with Crippen LogP contribution < -0.4 is 0 Å². The average Bonchev–Trinajstić information content (AvgIpc) is 2.17. The van der Waals surface area contributed by atoms with Crippen LogP contribution in [-0.4, -0.2) is 42.6 Å². The quantitative estimate of drug-likeness (QED) is 0.272. The Morgan fingerprint density at radius 3 is 2.46 bits per heavy atom. The van der Waals surface area contributed by atoms with E-state index in [0.717, 1.165) is 5.75 Å². The summed E-state index contributed by atoms with van der Waals surface area (Å²) in [5.74, 6) is 0.979. The van der Waals surface area contributed by atoms with E-state index in [4.69, 9.17) is 13.9 Å². The Morgan fingerprint density at radius 2 is 1.92 bits per heavy atom. The van der Waals surface area contributed by atoms with E-state index >= 15 is 0 Å². The molecule has 3 nitrogen and oxygen atoms in total. The van der Waals surface area contributed by atoms with E-state index in [0.29, 0.717) is 6.61 Å². The number of hydrogen-bond acceptors (Lipinski definition) is 4. The molecular formula is C8H20O3SSi. The molecule has 80 valence electrons. The zero-order valence-corrected chi connectivity index (χ0v) is 10.8. The van der Waals surface area contributed by atoms with Crippen LogP contribution >= 0.6 is 12.6 Å². The van der Waals surface area contributed by atoms with Gasteiger partial charge in [0.15, 0.2) is 16.1 Å². The molecule has 0 unspecified atom stereocenters. The maximum absolute atomic E-state index is 5.49. The largest absolute Gasteiger partial charge is 0.419 e. The number of unbranched alkanes of at least 4 members (excludes halogenated alkanes) is 1. The predicted molar refractivity (Wildman–Crippen MR) is 60.2 cm³/mol. The normalized spacial score (nSPS) is 12.0. The fraction of sp³-hybridized carbons (Fsp3) is 1.00. The molecule has 13 heavy (non-hydrogen) atoms. The summed E-state index contributed by atoms with van der Waals surface area (Å²) in [6.45, 7) is 0.570. The van der Waals surface area contributed by atoms with Crippen molar-refractivity contribution in [2.24, 2.45) is 0 Å². The van der Waals surface area contributed by atoms with Crippen LogP contribution in [0, 0.1) is 0 Å². The summed E-state index contributed by atoms with van der Waals surface area (Å²) in [6, 6.07) is 1.22. The van der Waals surface area contributed by atoms with Crippen LogP contribution in [0.5, 0.6) is 0 Å². The molecule has 0 amide bonds. The molecule has 0 aromatic carbocycles. The Labute approximate surface area is 88.5 Å². The molecule has 5 heteroatoms. The summed E-state index contributed by atoms with van der Waals surface area (Å²) in [6.07, 6.45) is 2.23. The zero-order valence-electron chi connectivity index (χ0n) is 8.49. The van der Waals surface area contributed by atoms with Crippen LogP contribution in [0.25, 0.3) is 0 Å². The van der Waals surface area contributed by atoms with Crippen molar-refractivity contribution in [1.29, 1.82) is 0 Å². The van der Waals surface area contributed by atoms with E-state index in [1.807, 2.05) is 0 Å². The zero-order chi connectivity index (χ0) is 9.94. The molecule has 0 saturated heterocycles. The van der Waals surface area contributed by atoms with Gasteiger partial charge in [-0.05, 0) is 18.2 Å². The van der Waals surface area contributed by atoms with E-state index in [1.54, 1.807) is 14.2 Å². The summed E-state index contributed by atoms with van der Waals surface area (Å²) >= 11 is 4.14. The molecule has 0 bridgehead atoms. The number of methoxy groups -OCH3 is 2. The Hall–Kier alpha value is 0.447. The average molecular weight is 224 g/mol. The first-order valence-electron chi connectivity index (χ1n) is 4.59. The van der Waals surface area contributed by atoms with Crippen molar-refractivity contribution in [3.05, 3.63) is 0 Å². The van der Waals surface area contributed by atoms with Gasteiger partial charge in [0.05, 0.1) is 6.61 Å². The lowest BCUT2D eigenvalue weighted by Gasteiger charge is -2.13. The van der Waals surface area contributed by atoms with Gasteiger partial charge in [0.2, 0.25) is 0 Å². The standard InChI is InChI=1S/C8H20O3SSi/c1-9-8(10-2)7-11-13-6-4-3-5-12/h8,12H,3-7,13H2,1-2H3. The van der Waals surface area contributed by atoms with E-state index in [1.165, 1.54) is 18.9 Å². The van der Waals surface area contributed by atoms with Crippen molar-refractivity contribution in [2.75, 3.05) is 26.6 Å². The first-order valence-corrected chi connectivity index (χ1v) is 6.80. The minimum atomic E-state index is -0.364. The lowest BCUT2D eigenvalue weighted by molar-refractivity contribution is -0.121. The lowest BCUT2D eigenvalue weighted by Crippen LogP contribution is -2.21. The number of ether oxygens (including phenoxy) is 2. The van der Waals surface area contributed by atoms with Gasteiger partial charge in [-0.3, -0.25) is 0 Å². The summed E-state index contributed by atoms with van der Waals surface area (Å²) in [5, 5.41) is 0. The van der Waals surface area contributed by atoms with Gasteiger partial charge in [-0.2, -0.15) is 12.6 Å². The van der Waals surface area contributed by atoms with E-state index < -0.39 is 0 Å². The van der Waals surface area contributed by atoms with Crippen molar-refractivity contribution < 1.29 is 13.9 Å². The monoisotopic (exact) mass is 224 g/mol. The molecule has 0 aromatic rings. The lowest BCUT2D eigenvalue weighted by atomic mass is 10.4. The summed E-state index contributed by atoms with van der Waals surface area (Å²) < 4.78 is 15.5. The highest BCUT2D eigenvalue weighted by atomic mass is 32.1. The summed E-state index contributed by atoms with van der Waals surface area (Å²) in [7, 11) is 2.89. The molecule has 0 spiro atoms. The number of hydrogen-bond donors (Lipinski definition) is 1. The van der Waals surface area contributed by atoms with Gasteiger partial charge in [-0.1, -0.05) is 6.42 Å². The Bertz CT molecular complexity index is 101. The Balaban J connectivity index is 3.05. The summed E-state index contributed by atoms with van der Waals surface area (Å²) in [4.78, 5) is 0. The second-order valence-corrected chi connectivity index (χ2v) is 4.73.